The van der Waals surface area contributed by atoms with Crippen molar-refractivity contribution in [3.05, 3.63) is 54.1 Å². The highest BCUT2D eigenvalue weighted by Gasteiger charge is 2.14. The predicted molar refractivity (Wildman–Crippen MR) is 65.9 cm³/mol. The predicted octanol–water partition coefficient (Wildman–Crippen LogP) is 0.989. The van der Waals surface area contributed by atoms with Gasteiger partial charge in [0.2, 0.25) is 11.7 Å². The Morgan fingerprint density at radius 2 is 1.94 bits per heavy atom. The Morgan fingerprint density at radius 3 is 2.61 bits per heavy atom. The first-order chi connectivity index (χ1) is 8.68. The first kappa shape index (κ1) is 12.0. The minimum Gasteiger partial charge on any atom is -0.370 e. The molecule has 1 amide bonds. The number of aromatic nitrogens is 2. The summed E-state index contributed by atoms with van der Waals surface area (Å²) in [6.07, 6.45) is 3.39. The number of hydrogen-bond donors (Lipinski definition) is 1. The van der Waals surface area contributed by atoms with E-state index in [2.05, 4.69) is 4.98 Å². The van der Waals surface area contributed by atoms with Crippen LogP contribution in [0.4, 0.5) is 0 Å². The third-order valence-corrected chi connectivity index (χ3v) is 2.55. The molecule has 2 aromatic rings. The molecule has 1 aromatic heterocycles. The summed E-state index contributed by atoms with van der Waals surface area (Å²) in [5, 5.41) is 0. The number of carbonyl (C=O) groups is 2. The molecule has 5 nitrogen and oxygen atoms in total. The maximum atomic E-state index is 12.2. The third kappa shape index (κ3) is 2.63. The van der Waals surface area contributed by atoms with Gasteiger partial charge in [0.05, 0.1) is 0 Å². The number of nitrogens with zero attached hydrogens (tertiary/aromatic N) is 2. The minimum atomic E-state index is -0.401. The van der Waals surface area contributed by atoms with Crippen molar-refractivity contribution >= 4 is 11.7 Å². The van der Waals surface area contributed by atoms with Gasteiger partial charge in [0.15, 0.2) is 5.82 Å². The van der Waals surface area contributed by atoms with Crippen molar-refractivity contribution in [1.29, 1.82) is 0 Å². The molecule has 1 aromatic carbocycles. The molecule has 0 spiro atoms. The fraction of sp³-hybridized carbons (Fsp3) is 0.154. The molecule has 0 unspecified atom stereocenters. The molecule has 0 saturated heterocycles. The Morgan fingerprint density at radius 1 is 1.22 bits per heavy atom. The SMILES string of the molecule is NC(=O)CCn1ccnc1C(=O)c1ccccc1. The quantitative estimate of drug-likeness (QED) is 0.795. The zero-order chi connectivity index (χ0) is 13.0. The molecule has 0 fully saturated rings. The Kier molecular flexibility index (Phi) is 3.52. The number of hydrogen-bond acceptors (Lipinski definition) is 3. The molecule has 92 valence electrons. The molecular weight excluding hydrogens is 230 g/mol. The molecule has 0 bridgehead atoms. The van der Waals surface area contributed by atoms with Crippen LogP contribution >= 0.6 is 0 Å². The van der Waals surface area contributed by atoms with Crippen LogP contribution in [0.5, 0.6) is 0 Å². The van der Waals surface area contributed by atoms with Crippen molar-refractivity contribution in [2.75, 3.05) is 0 Å². The summed E-state index contributed by atoms with van der Waals surface area (Å²) in [6.45, 7) is 0.364. The highest BCUT2D eigenvalue weighted by atomic mass is 16.1. The number of carbonyl (C=O) groups excluding carboxylic acids is 2. The zero-order valence-corrected chi connectivity index (χ0v) is 9.74. The Hall–Kier alpha value is -2.43. The van der Waals surface area contributed by atoms with E-state index in [0.29, 0.717) is 17.9 Å². The molecule has 2 N–H and O–H groups in total. The number of nitrogens with two attached hydrogens (primary N) is 1. The summed E-state index contributed by atoms with van der Waals surface area (Å²) in [5.74, 6) is -0.241. The van der Waals surface area contributed by atoms with Gasteiger partial charge in [0.25, 0.3) is 0 Å². The van der Waals surface area contributed by atoms with Crippen LogP contribution in [0.2, 0.25) is 0 Å². The molecule has 0 atom stereocenters. The van der Waals surface area contributed by atoms with E-state index in [1.807, 2.05) is 6.07 Å². The number of ketones is 1. The van der Waals surface area contributed by atoms with Gasteiger partial charge in [-0.25, -0.2) is 4.98 Å². The van der Waals surface area contributed by atoms with Crippen LogP contribution in [-0.4, -0.2) is 21.2 Å². The minimum absolute atomic E-state index is 0.162. The molecule has 0 aliphatic carbocycles. The second kappa shape index (κ2) is 5.27. The molecule has 0 saturated carbocycles. The summed E-state index contributed by atoms with van der Waals surface area (Å²) in [7, 11) is 0. The topological polar surface area (TPSA) is 78.0 Å². The molecule has 1 heterocycles. The van der Waals surface area contributed by atoms with E-state index < -0.39 is 5.91 Å². The van der Waals surface area contributed by atoms with E-state index >= 15 is 0 Å². The van der Waals surface area contributed by atoms with Crippen LogP contribution in [0, 0.1) is 0 Å². The van der Waals surface area contributed by atoms with Crippen LogP contribution in [0.15, 0.2) is 42.7 Å². The van der Waals surface area contributed by atoms with Gasteiger partial charge in [0, 0.05) is 30.9 Å². The molecule has 0 aliphatic rings. The van der Waals surface area contributed by atoms with Gasteiger partial charge in [-0.2, -0.15) is 0 Å². The average molecular weight is 243 g/mol. The van der Waals surface area contributed by atoms with Gasteiger partial charge in [-0.15, -0.1) is 0 Å². The number of imidazole rings is 1. The summed E-state index contributed by atoms with van der Waals surface area (Å²) >= 11 is 0. The van der Waals surface area contributed by atoms with E-state index in [1.54, 1.807) is 35.0 Å². The number of rotatable bonds is 5. The van der Waals surface area contributed by atoms with Crippen molar-refractivity contribution in [3.63, 3.8) is 0 Å². The highest BCUT2D eigenvalue weighted by molar-refractivity contribution is 6.06. The van der Waals surface area contributed by atoms with Gasteiger partial charge in [-0.3, -0.25) is 9.59 Å². The Balaban J connectivity index is 2.21. The lowest BCUT2D eigenvalue weighted by Gasteiger charge is -2.05. The van der Waals surface area contributed by atoms with E-state index in [4.69, 9.17) is 5.73 Å². The maximum absolute atomic E-state index is 12.2. The molecule has 2 rings (SSSR count). The Bertz CT molecular complexity index is 561. The first-order valence-electron chi connectivity index (χ1n) is 5.57. The van der Waals surface area contributed by atoms with Gasteiger partial charge >= 0.3 is 0 Å². The van der Waals surface area contributed by atoms with Gasteiger partial charge in [-0.1, -0.05) is 30.3 Å². The fourth-order valence-electron chi connectivity index (χ4n) is 1.65. The molecular formula is C13H13N3O2. The number of primary amides is 1. The van der Waals surface area contributed by atoms with E-state index in [1.165, 1.54) is 6.20 Å². The highest BCUT2D eigenvalue weighted by Crippen LogP contribution is 2.08. The molecule has 18 heavy (non-hydrogen) atoms. The van der Waals surface area contributed by atoms with Crippen molar-refractivity contribution in [2.24, 2.45) is 5.73 Å². The van der Waals surface area contributed by atoms with Gasteiger partial charge in [-0.05, 0) is 0 Å². The smallest absolute Gasteiger partial charge is 0.228 e. The van der Waals surface area contributed by atoms with Crippen molar-refractivity contribution in [1.82, 2.24) is 9.55 Å². The number of amides is 1. The lowest BCUT2D eigenvalue weighted by Crippen LogP contribution is -2.17. The lowest BCUT2D eigenvalue weighted by atomic mass is 10.1. The summed E-state index contributed by atoms with van der Waals surface area (Å²) in [6, 6.07) is 8.90. The summed E-state index contributed by atoms with van der Waals surface area (Å²) in [4.78, 5) is 27.0. The maximum Gasteiger partial charge on any atom is 0.228 e. The van der Waals surface area contributed by atoms with Crippen LogP contribution in [-0.2, 0) is 11.3 Å². The second-order valence-corrected chi connectivity index (χ2v) is 3.86. The largest absolute Gasteiger partial charge is 0.370 e. The fourth-order valence-corrected chi connectivity index (χ4v) is 1.65. The van der Waals surface area contributed by atoms with Crippen molar-refractivity contribution < 1.29 is 9.59 Å². The van der Waals surface area contributed by atoms with Crippen molar-refractivity contribution in [3.8, 4) is 0 Å². The van der Waals surface area contributed by atoms with Crippen molar-refractivity contribution in [2.45, 2.75) is 13.0 Å². The second-order valence-electron chi connectivity index (χ2n) is 3.86. The summed E-state index contributed by atoms with van der Waals surface area (Å²) < 4.78 is 1.64. The number of aryl methyl sites for hydroxylation is 1. The van der Waals surface area contributed by atoms with Crippen LogP contribution in [0.3, 0.4) is 0 Å². The van der Waals surface area contributed by atoms with Crippen LogP contribution in [0.1, 0.15) is 22.6 Å². The number of benzene rings is 1. The Labute approximate surface area is 104 Å². The van der Waals surface area contributed by atoms with Gasteiger partial charge < -0.3 is 10.3 Å². The van der Waals surface area contributed by atoms with E-state index in [0.717, 1.165) is 0 Å². The monoisotopic (exact) mass is 243 g/mol. The van der Waals surface area contributed by atoms with E-state index in [-0.39, 0.29) is 12.2 Å². The van der Waals surface area contributed by atoms with Crippen LogP contribution < -0.4 is 5.73 Å². The molecule has 0 aliphatic heterocycles. The normalized spacial score (nSPS) is 10.2. The lowest BCUT2D eigenvalue weighted by molar-refractivity contribution is -0.118. The average Bonchev–Trinajstić information content (AvgIpc) is 2.85. The standard InChI is InChI=1S/C13H13N3O2/c14-11(17)6-8-16-9-7-15-13(16)12(18)10-4-2-1-3-5-10/h1-5,7,9H,6,8H2,(H2,14,17). The van der Waals surface area contributed by atoms with Gasteiger partial charge in [0.1, 0.15) is 0 Å². The van der Waals surface area contributed by atoms with Crippen LogP contribution in [0.25, 0.3) is 0 Å². The molecule has 5 heteroatoms. The summed E-state index contributed by atoms with van der Waals surface area (Å²) in [5.41, 5.74) is 5.66. The third-order valence-electron chi connectivity index (χ3n) is 2.55. The molecule has 0 radical (unpaired) electrons. The van der Waals surface area contributed by atoms with E-state index in [9.17, 15) is 9.59 Å². The zero-order valence-electron chi connectivity index (χ0n) is 9.74. The first-order valence-corrected chi connectivity index (χ1v) is 5.57.